The van der Waals surface area contributed by atoms with E-state index in [0.717, 1.165) is 17.5 Å². The van der Waals surface area contributed by atoms with Gasteiger partial charge in [0.1, 0.15) is 18.0 Å². The number of likely N-dealkylation sites (tertiary alicyclic amines) is 2. The topological polar surface area (TPSA) is 96.5 Å². The quantitative estimate of drug-likeness (QED) is 0.534. The number of methoxy groups -OCH3 is 1. The summed E-state index contributed by atoms with van der Waals surface area (Å²) in [4.78, 5) is 28.3. The maximum atomic E-state index is 13.2. The predicted octanol–water partition coefficient (Wildman–Crippen LogP) is 2.36. The molecule has 1 spiro atoms. The molecule has 3 heterocycles. The van der Waals surface area contributed by atoms with Gasteiger partial charge in [0.2, 0.25) is 15.9 Å². The van der Waals surface area contributed by atoms with Gasteiger partial charge < -0.3 is 19.3 Å². The fourth-order valence-corrected chi connectivity index (χ4v) is 7.64. The number of benzene rings is 2. The molecular weight excluding hydrogens is 506 g/mol. The number of hydrogen-bond donors (Lipinski definition) is 0. The first-order valence-corrected chi connectivity index (χ1v) is 14.5. The second-order valence-corrected chi connectivity index (χ2v) is 12.7. The highest BCUT2D eigenvalue weighted by Crippen LogP contribution is 2.42. The Balaban J connectivity index is 1.25. The highest BCUT2D eigenvalue weighted by atomic mass is 32.2. The third kappa shape index (κ3) is 4.92. The Morgan fingerprint density at radius 1 is 1.03 bits per heavy atom. The minimum absolute atomic E-state index is 0.0275. The molecule has 0 radical (unpaired) electrons. The normalized spacial score (nSPS) is 22.7. The van der Waals surface area contributed by atoms with Crippen molar-refractivity contribution in [2.45, 2.75) is 50.7 Å². The number of carbonyl (C=O) groups excluding carboxylic acids is 2. The Morgan fingerprint density at radius 2 is 1.76 bits per heavy atom. The summed E-state index contributed by atoms with van der Waals surface area (Å²) in [6, 6.07) is 12.9. The summed E-state index contributed by atoms with van der Waals surface area (Å²) in [6.45, 7) is 7.58. The fraction of sp³-hybridized carbons (Fsp3) is 0.500. The molecule has 5 rings (SSSR count). The maximum absolute atomic E-state index is 13.2. The number of carbonyl (C=O) groups is 2. The Hall–Kier alpha value is -2.95. The van der Waals surface area contributed by atoms with Crippen LogP contribution < -0.4 is 4.74 Å². The lowest BCUT2D eigenvalue weighted by atomic mass is 9.80. The van der Waals surface area contributed by atoms with Crippen molar-refractivity contribution in [1.29, 1.82) is 0 Å². The number of nitrogens with zero attached hydrogens (tertiary/aromatic N) is 3. The zero-order chi connectivity index (χ0) is 27.2. The van der Waals surface area contributed by atoms with Gasteiger partial charge in [0.15, 0.2) is 0 Å². The second-order valence-electron chi connectivity index (χ2n) is 10.8. The Labute approximate surface area is 224 Å². The molecule has 3 saturated heterocycles. The van der Waals surface area contributed by atoms with Crippen molar-refractivity contribution < 1.29 is 27.5 Å². The highest BCUT2D eigenvalue weighted by molar-refractivity contribution is 7.88. The molecule has 2 aromatic carbocycles. The van der Waals surface area contributed by atoms with Gasteiger partial charge in [0, 0.05) is 39.2 Å². The molecule has 0 unspecified atom stereocenters. The van der Waals surface area contributed by atoms with Crippen LogP contribution in [0.3, 0.4) is 0 Å². The largest absolute Gasteiger partial charge is 0.486 e. The summed E-state index contributed by atoms with van der Waals surface area (Å²) in [5.41, 5.74) is 2.81. The molecule has 3 aliphatic rings. The summed E-state index contributed by atoms with van der Waals surface area (Å²) < 4.78 is 39.9. The van der Waals surface area contributed by atoms with Crippen LogP contribution in [0.15, 0.2) is 42.5 Å². The molecule has 3 aliphatic heterocycles. The van der Waals surface area contributed by atoms with Crippen molar-refractivity contribution in [2.24, 2.45) is 0 Å². The monoisotopic (exact) mass is 541 g/mol. The van der Waals surface area contributed by atoms with Crippen LogP contribution in [0.1, 0.15) is 40.4 Å². The smallest absolute Gasteiger partial charge is 0.254 e. The summed E-state index contributed by atoms with van der Waals surface area (Å²) in [7, 11) is -1.95. The highest BCUT2D eigenvalue weighted by Gasteiger charge is 2.58. The van der Waals surface area contributed by atoms with Gasteiger partial charge in [0.05, 0.1) is 24.4 Å². The van der Waals surface area contributed by atoms with Gasteiger partial charge in [0.25, 0.3) is 5.91 Å². The van der Waals surface area contributed by atoms with Gasteiger partial charge in [-0.25, -0.2) is 8.42 Å². The van der Waals surface area contributed by atoms with Crippen LogP contribution >= 0.6 is 0 Å². The number of amides is 2. The van der Waals surface area contributed by atoms with E-state index >= 15 is 0 Å². The molecule has 38 heavy (non-hydrogen) atoms. The average Bonchev–Trinajstić information content (AvgIpc) is 3.20. The number of ether oxygens (including phenoxy) is 2. The van der Waals surface area contributed by atoms with Crippen molar-refractivity contribution >= 4 is 21.8 Å². The molecule has 3 fully saturated rings. The van der Waals surface area contributed by atoms with E-state index in [4.69, 9.17) is 9.47 Å². The molecule has 2 atom stereocenters. The van der Waals surface area contributed by atoms with E-state index in [1.165, 1.54) is 6.92 Å². The van der Waals surface area contributed by atoms with E-state index in [2.05, 4.69) is 0 Å². The summed E-state index contributed by atoms with van der Waals surface area (Å²) >= 11 is 0. The molecule has 2 aromatic rings. The Morgan fingerprint density at radius 3 is 2.42 bits per heavy atom. The minimum atomic E-state index is -3.55. The lowest BCUT2D eigenvalue weighted by molar-refractivity contribution is -0.147. The van der Waals surface area contributed by atoms with Crippen molar-refractivity contribution in [2.75, 3.05) is 39.8 Å². The van der Waals surface area contributed by atoms with E-state index in [1.807, 2.05) is 32.0 Å². The second kappa shape index (κ2) is 9.98. The number of rotatable bonds is 7. The molecule has 0 saturated carbocycles. The lowest BCUT2D eigenvalue weighted by Gasteiger charge is -2.61. The van der Waals surface area contributed by atoms with Crippen molar-refractivity contribution in [1.82, 2.24) is 14.1 Å². The summed E-state index contributed by atoms with van der Waals surface area (Å²) in [5.74, 6) is 0.319. The molecule has 204 valence electrons. The number of aryl methyl sites for hydroxylation is 2. The SMILES string of the molecule is CO[C@@H]1CN(C(=O)c2cc(C)ccc2C)C[C@H]1Oc1cccc(CS(=O)(=O)N2CCC23CN(C(C)=O)C3)c1. The van der Waals surface area contributed by atoms with Crippen LogP contribution in [0.4, 0.5) is 0 Å². The van der Waals surface area contributed by atoms with Gasteiger partial charge >= 0.3 is 0 Å². The van der Waals surface area contributed by atoms with Crippen molar-refractivity contribution in [3.05, 3.63) is 64.7 Å². The Bertz CT molecular complexity index is 1350. The summed E-state index contributed by atoms with van der Waals surface area (Å²) in [6.07, 6.45) is 0.0867. The average molecular weight is 542 g/mol. The third-order valence-corrected chi connectivity index (χ3v) is 9.96. The predicted molar refractivity (Wildman–Crippen MR) is 142 cm³/mol. The van der Waals surface area contributed by atoms with Gasteiger partial charge in [-0.15, -0.1) is 0 Å². The molecule has 10 heteroatoms. The van der Waals surface area contributed by atoms with Gasteiger partial charge in [-0.3, -0.25) is 9.59 Å². The first-order chi connectivity index (χ1) is 18.0. The van der Waals surface area contributed by atoms with Crippen molar-refractivity contribution in [3.8, 4) is 5.75 Å². The lowest BCUT2D eigenvalue weighted by Crippen LogP contribution is -2.78. The maximum Gasteiger partial charge on any atom is 0.254 e. The zero-order valence-corrected chi connectivity index (χ0v) is 23.2. The Kier molecular flexibility index (Phi) is 7.00. The molecule has 0 N–H and O–H groups in total. The molecular formula is C28H35N3O6S. The van der Waals surface area contributed by atoms with Gasteiger partial charge in [-0.05, 0) is 49.6 Å². The van der Waals surface area contributed by atoms with Gasteiger partial charge in [-0.2, -0.15) is 4.31 Å². The van der Waals surface area contributed by atoms with Crippen LogP contribution in [-0.4, -0.2) is 91.9 Å². The molecule has 0 bridgehead atoms. The van der Waals surface area contributed by atoms with Crippen LogP contribution in [-0.2, 0) is 25.3 Å². The van der Waals surface area contributed by atoms with Crippen LogP contribution in [0.25, 0.3) is 0 Å². The fourth-order valence-electron chi connectivity index (χ4n) is 5.71. The number of sulfonamides is 1. The van der Waals surface area contributed by atoms with Crippen LogP contribution in [0, 0.1) is 13.8 Å². The minimum Gasteiger partial charge on any atom is -0.486 e. The number of hydrogen-bond acceptors (Lipinski definition) is 6. The van der Waals surface area contributed by atoms with E-state index in [9.17, 15) is 18.0 Å². The first kappa shape index (κ1) is 26.6. The zero-order valence-electron chi connectivity index (χ0n) is 22.3. The molecule has 2 amide bonds. The summed E-state index contributed by atoms with van der Waals surface area (Å²) in [5, 5.41) is 0. The molecule has 9 nitrogen and oxygen atoms in total. The van der Waals surface area contributed by atoms with E-state index in [-0.39, 0.29) is 29.8 Å². The van der Waals surface area contributed by atoms with E-state index in [1.54, 1.807) is 45.5 Å². The van der Waals surface area contributed by atoms with E-state index < -0.39 is 15.6 Å². The van der Waals surface area contributed by atoms with Crippen molar-refractivity contribution in [3.63, 3.8) is 0 Å². The van der Waals surface area contributed by atoms with Gasteiger partial charge in [-0.1, -0.05) is 29.8 Å². The molecule has 0 aromatic heterocycles. The molecule has 0 aliphatic carbocycles. The third-order valence-electron chi connectivity index (χ3n) is 8.02. The van der Waals surface area contributed by atoms with E-state index in [0.29, 0.717) is 49.6 Å². The van der Waals surface area contributed by atoms with Crippen LogP contribution in [0.2, 0.25) is 0 Å². The standard InChI is InChI=1S/C28H35N3O6S/c1-19-8-9-20(2)24(12-19)27(33)29-14-25(36-4)26(15-29)37-23-7-5-6-22(13-23)16-38(34,35)31-11-10-28(31)17-30(18-28)21(3)32/h5-9,12-13,25-26H,10-11,14-18H2,1-4H3/t25-,26-/m1/s1. The van der Waals surface area contributed by atoms with Crippen LogP contribution in [0.5, 0.6) is 5.75 Å². The first-order valence-electron chi connectivity index (χ1n) is 12.9.